The molecule has 1 aliphatic rings. The summed E-state index contributed by atoms with van der Waals surface area (Å²) in [6, 6.07) is 0. The van der Waals surface area contributed by atoms with E-state index in [1.165, 1.54) is 0 Å². The van der Waals surface area contributed by atoms with Crippen molar-refractivity contribution in [2.24, 2.45) is 5.11 Å². The fraction of sp³-hybridized carbons (Fsp3) is 0.538. The molecule has 0 saturated carbocycles. The van der Waals surface area contributed by atoms with E-state index < -0.39 is 5.54 Å². The van der Waals surface area contributed by atoms with Gasteiger partial charge >= 0.3 is 0 Å². The zero-order valence-electron chi connectivity index (χ0n) is 11.4. The van der Waals surface area contributed by atoms with E-state index in [9.17, 15) is 4.79 Å². The van der Waals surface area contributed by atoms with Crippen LogP contribution in [0.2, 0.25) is 0 Å². The van der Waals surface area contributed by atoms with Crippen molar-refractivity contribution in [3.63, 3.8) is 0 Å². The molecule has 0 aliphatic carbocycles. The fourth-order valence-corrected chi connectivity index (χ4v) is 1.19. The number of carbonyl (C=O) groups excluding carboxylic acids is 1. The minimum Gasteiger partial charge on any atom is -0.347 e. The summed E-state index contributed by atoms with van der Waals surface area (Å²) in [5.41, 5.74) is -0.648. The summed E-state index contributed by atoms with van der Waals surface area (Å²) in [6.45, 7) is 11.8. The monoisotopic (exact) mass is 239 g/mol. The third-order valence-electron chi connectivity index (χ3n) is 2.25. The zero-order chi connectivity index (χ0) is 13.3. The quantitative estimate of drug-likeness (QED) is 0.595. The lowest BCUT2D eigenvalue weighted by Gasteiger charge is -2.15. The smallest absolute Gasteiger partial charge is 0.294 e. The van der Waals surface area contributed by atoms with Gasteiger partial charge in [0, 0.05) is 27.9 Å². The van der Waals surface area contributed by atoms with Gasteiger partial charge in [0.1, 0.15) is 0 Å². The van der Waals surface area contributed by atoms with Crippen LogP contribution in [0.4, 0.5) is 0 Å². The third-order valence-corrected chi connectivity index (χ3v) is 2.25. The Morgan fingerprint density at radius 2 is 2.18 bits per heavy atom. The van der Waals surface area contributed by atoms with Crippen molar-refractivity contribution in [1.29, 1.82) is 0 Å². The number of nitrogens with zero attached hydrogens (tertiary/aromatic N) is 2. The van der Waals surface area contributed by atoms with Crippen molar-refractivity contribution in [3.05, 3.63) is 31.0 Å². The van der Waals surface area contributed by atoms with Crippen molar-refractivity contribution >= 4 is 5.91 Å². The predicted molar refractivity (Wildman–Crippen MR) is 71.5 cm³/mol. The van der Waals surface area contributed by atoms with E-state index in [0.29, 0.717) is 6.54 Å². The van der Waals surface area contributed by atoms with Crippen LogP contribution in [0.15, 0.2) is 29.5 Å². The van der Waals surface area contributed by atoms with Crippen molar-refractivity contribution in [2.75, 3.05) is 6.54 Å². The van der Waals surface area contributed by atoms with E-state index in [1.807, 2.05) is 46.8 Å². The molecule has 1 N–H and O–H groups in total. The minimum atomic E-state index is -0.648. The molecule has 1 heterocycles. The molecule has 1 aliphatic heterocycles. The molecule has 0 aromatic rings. The zero-order valence-corrected chi connectivity index (χ0v) is 11.4. The molecule has 0 saturated heterocycles. The van der Waals surface area contributed by atoms with Gasteiger partial charge in [0.15, 0.2) is 12.7 Å². The van der Waals surface area contributed by atoms with Crippen LogP contribution in [0.1, 0.15) is 36.0 Å². The number of carbonyl (C=O) groups is 1. The van der Waals surface area contributed by atoms with Gasteiger partial charge in [-0.2, -0.15) is 0 Å². The molecule has 97 valence electrons. The first-order chi connectivity index (χ1) is 8.09. The molecule has 0 bridgehead atoms. The molecule has 0 unspecified atom stereocenters. The topological polar surface area (TPSA) is 44.5 Å². The highest BCUT2D eigenvalue weighted by atomic mass is 16.2. The molecule has 0 aromatic carbocycles. The number of rotatable bonds is 4. The molecule has 0 atom stereocenters. The molecule has 0 aromatic heterocycles. The first-order valence-corrected chi connectivity index (χ1v) is 5.98. The maximum atomic E-state index is 11.8. The Labute approximate surface area is 106 Å². The normalized spacial score (nSPS) is 14.3. The number of hydrogen-bond acceptors (Lipinski definition) is 2. The SMILES string of the molecule is C/C=C/CNC(=O)C(C)(C)[N+]1=N[CH]C=C1.CC.[HH]. The highest BCUT2D eigenvalue weighted by molar-refractivity contribution is 5.84. The van der Waals surface area contributed by atoms with Gasteiger partial charge in [-0.25, -0.2) is 0 Å². The van der Waals surface area contributed by atoms with E-state index in [1.54, 1.807) is 23.5 Å². The van der Waals surface area contributed by atoms with Crippen molar-refractivity contribution in [2.45, 2.75) is 40.2 Å². The first-order valence-electron chi connectivity index (χ1n) is 5.98. The highest BCUT2D eigenvalue weighted by Gasteiger charge is 2.40. The lowest BCUT2D eigenvalue weighted by atomic mass is 10.0. The van der Waals surface area contributed by atoms with Crippen molar-refractivity contribution in [3.8, 4) is 0 Å². The van der Waals surface area contributed by atoms with E-state index >= 15 is 0 Å². The number of hydrogen-bond donors (Lipinski definition) is 1. The van der Waals surface area contributed by atoms with Crippen molar-refractivity contribution in [1.82, 2.24) is 5.32 Å². The first kappa shape index (κ1) is 15.6. The van der Waals surface area contributed by atoms with E-state index in [4.69, 9.17) is 0 Å². The van der Waals surface area contributed by atoms with Crippen molar-refractivity contribution < 1.29 is 10.9 Å². The Bertz CT molecular complexity index is 333. The van der Waals surface area contributed by atoms with E-state index in [2.05, 4.69) is 10.4 Å². The Hall–Kier alpha value is -1.45. The average molecular weight is 239 g/mol. The minimum absolute atomic E-state index is 0. The van der Waals surface area contributed by atoms with Crippen LogP contribution in [-0.2, 0) is 4.79 Å². The molecule has 1 amide bonds. The molecule has 0 spiro atoms. The molecule has 4 nitrogen and oxygen atoms in total. The third kappa shape index (κ3) is 4.51. The summed E-state index contributed by atoms with van der Waals surface area (Å²) < 4.78 is 1.65. The highest BCUT2D eigenvalue weighted by Crippen LogP contribution is 2.14. The van der Waals surface area contributed by atoms with Gasteiger partial charge in [-0.05, 0) is 12.0 Å². The van der Waals surface area contributed by atoms with Crippen LogP contribution >= 0.6 is 0 Å². The largest absolute Gasteiger partial charge is 0.347 e. The Morgan fingerprint density at radius 1 is 1.53 bits per heavy atom. The van der Waals surface area contributed by atoms with Crippen LogP contribution in [0.3, 0.4) is 0 Å². The van der Waals surface area contributed by atoms with Gasteiger partial charge < -0.3 is 5.32 Å². The maximum absolute atomic E-state index is 11.8. The number of allylic oxidation sites excluding steroid dienone is 1. The van der Waals surface area contributed by atoms with Gasteiger partial charge in [0.05, 0.1) is 0 Å². The average Bonchev–Trinajstić information content (AvgIpc) is 2.86. The van der Waals surface area contributed by atoms with Gasteiger partial charge in [-0.1, -0.05) is 30.7 Å². The lowest BCUT2D eigenvalue weighted by molar-refractivity contribution is -0.580. The molecule has 4 heteroatoms. The summed E-state index contributed by atoms with van der Waals surface area (Å²) in [6.07, 6.45) is 7.40. The predicted octanol–water partition coefficient (Wildman–Crippen LogP) is 2.88. The Morgan fingerprint density at radius 3 is 2.65 bits per heavy atom. The van der Waals surface area contributed by atoms with E-state index in [0.717, 1.165) is 0 Å². The molecule has 17 heavy (non-hydrogen) atoms. The molecule has 1 rings (SSSR count). The van der Waals surface area contributed by atoms with Crippen LogP contribution < -0.4 is 5.32 Å². The van der Waals surface area contributed by atoms with Gasteiger partial charge in [-0.3, -0.25) is 4.79 Å². The second-order valence-corrected chi connectivity index (χ2v) is 3.79. The number of nitrogens with one attached hydrogen (secondary N) is 1. The van der Waals surface area contributed by atoms with Gasteiger partial charge in [0.2, 0.25) is 0 Å². The Balaban J connectivity index is 0. The van der Waals surface area contributed by atoms with Crippen LogP contribution in [0, 0.1) is 6.54 Å². The van der Waals surface area contributed by atoms with Crippen LogP contribution in [0.25, 0.3) is 0 Å². The number of amides is 1. The van der Waals surface area contributed by atoms with E-state index in [-0.39, 0.29) is 7.33 Å². The molecule has 0 fully saturated rings. The van der Waals surface area contributed by atoms with Gasteiger partial charge in [-0.15, -0.1) is 0 Å². The van der Waals surface area contributed by atoms with Crippen LogP contribution in [0.5, 0.6) is 0 Å². The van der Waals surface area contributed by atoms with Crippen LogP contribution in [-0.4, -0.2) is 22.7 Å². The molecular formula is C13H25N3O+. The van der Waals surface area contributed by atoms with Gasteiger partial charge in [0.25, 0.3) is 11.4 Å². The second kappa shape index (κ2) is 7.76. The number of azo groups is 2. The lowest BCUT2D eigenvalue weighted by Crippen LogP contribution is -2.48. The summed E-state index contributed by atoms with van der Waals surface area (Å²) in [5.74, 6) is -0.0377. The molecule has 1 radical (unpaired) electrons. The molecular weight excluding hydrogens is 214 g/mol. The standard InChI is InChI=1S/C11H16N3O.C2H6.H2/c1-4-5-7-12-10(15)11(2,3)14-9-6-8-13-14;1-2;/h4-6,8-9H,7H2,1-3H3;1-2H3;1H/p+1/b5-4+;;. The summed E-state index contributed by atoms with van der Waals surface area (Å²) >= 11 is 0. The maximum Gasteiger partial charge on any atom is 0.294 e. The fourth-order valence-electron chi connectivity index (χ4n) is 1.19. The summed E-state index contributed by atoms with van der Waals surface area (Å²) in [5, 5.41) is 6.90. The summed E-state index contributed by atoms with van der Waals surface area (Å²) in [4.78, 5) is 11.8. The second-order valence-electron chi connectivity index (χ2n) is 3.79. The Kier molecular flexibility index (Phi) is 7.10. The summed E-state index contributed by atoms with van der Waals surface area (Å²) in [7, 11) is 0.